The summed E-state index contributed by atoms with van der Waals surface area (Å²) < 4.78 is 6.01. The minimum Gasteiger partial charge on any atom is -0.480 e. The van der Waals surface area contributed by atoms with Crippen LogP contribution in [0.5, 0.6) is 5.75 Å². The smallest absolute Gasteiger partial charge is 0.263 e. The first kappa shape index (κ1) is 16.5. The summed E-state index contributed by atoms with van der Waals surface area (Å²) in [4.78, 5) is 18.9. The largest absolute Gasteiger partial charge is 0.480 e. The Balaban J connectivity index is 1.64. The Kier molecular flexibility index (Phi) is 4.84. The highest BCUT2D eigenvalue weighted by Crippen LogP contribution is 2.28. The Hall–Kier alpha value is -2.36. The average molecular weight is 324 g/mol. The van der Waals surface area contributed by atoms with Crippen molar-refractivity contribution in [3.05, 3.63) is 59.9 Å². The molecule has 0 saturated carbocycles. The molecule has 4 nitrogen and oxygen atoms in total. The Morgan fingerprint density at radius 1 is 1.25 bits per heavy atom. The van der Waals surface area contributed by atoms with E-state index in [-0.39, 0.29) is 11.8 Å². The van der Waals surface area contributed by atoms with E-state index >= 15 is 0 Å². The highest BCUT2D eigenvalue weighted by molar-refractivity contribution is 5.82. The minimum atomic E-state index is -0.443. The molecule has 0 bridgehead atoms. The number of benzene rings is 1. The number of hydrogen-bond acceptors (Lipinski definition) is 3. The molecular formula is C20H24N2O2. The zero-order valence-corrected chi connectivity index (χ0v) is 14.5. The molecule has 1 aliphatic rings. The van der Waals surface area contributed by atoms with Gasteiger partial charge < -0.3 is 9.64 Å². The van der Waals surface area contributed by atoms with Gasteiger partial charge in [0.05, 0.1) is 0 Å². The van der Waals surface area contributed by atoms with Gasteiger partial charge in [-0.15, -0.1) is 0 Å². The van der Waals surface area contributed by atoms with Gasteiger partial charge in [-0.3, -0.25) is 9.78 Å². The van der Waals surface area contributed by atoms with Gasteiger partial charge in [-0.2, -0.15) is 0 Å². The molecule has 2 aromatic rings. The fourth-order valence-corrected chi connectivity index (χ4v) is 2.97. The first-order valence-electron chi connectivity index (χ1n) is 8.46. The van der Waals surface area contributed by atoms with E-state index in [2.05, 4.69) is 11.1 Å². The molecule has 1 aromatic heterocycles. The second-order valence-corrected chi connectivity index (χ2v) is 6.83. The first-order chi connectivity index (χ1) is 11.5. The highest BCUT2D eigenvalue weighted by atomic mass is 16.5. The lowest BCUT2D eigenvalue weighted by Crippen LogP contribution is -2.54. The molecule has 126 valence electrons. The first-order valence-corrected chi connectivity index (χ1v) is 8.46. The lowest BCUT2D eigenvalue weighted by atomic mass is 9.91. The Morgan fingerprint density at radius 2 is 2.04 bits per heavy atom. The molecule has 4 heteroatoms. The van der Waals surface area contributed by atoms with Crippen LogP contribution in [0, 0.1) is 12.8 Å². The lowest BCUT2D eigenvalue weighted by molar-refractivity contribution is -0.145. The van der Waals surface area contributed by atoms with Crippen LogP contribution in [0.1, 0.15) is 30.9 Å². The van der Waals surface area contributed by atoms with Crippen LogP contribution in [-0.2, 0) is 4.79 Å². The van der Waals surface area contributed by atoms with Crippen molar-refractivity contribution in [2.45, 2.75) is 32.8 Å². The van der Waals surface area contributed by atoms with Crippen molar-refractivity contribution >= 4 is 5.91 Å². The number of likely N-dealkylation sites (tertiary alicyclic amines) is 1. The third-order valence-corrected chi connectivity index (χ3v) is 4.45. The molecule has 1 amide bonds. The van der Waals surface area contributed by atoms with Crippen LogP contribution < -0.4 is 4.74 Å². The Bertz CT molecular complexity index is 694. The molecule has 0 spiro atoms. The molecule has 0 aliphatic carbocycles. The number of ether oxygens (including phenoxy) is 1. The van der Waals surface area contributed by atoms with E-state index in [0.29, 0.717) is 5.92 Å². The number of aryl methyl sites for hydroxylation is 1. The van der Waals surface area contributed by atoms with Gasteiger partial charge in [-0.25, -0.2) is 0 Å². The predicted octanol–water partition coefficient (Wildman–Crippen LogP) is 3.42. The standard InChI is InChI=1S/C20H24N2O2/c1-14(2)19(24-18-8-4-6-15(3)10-18)20(23)22-12-17(13-22)16-7-5-9-21-11-16/h4-11,14,17,19H,12-13H2,1-3H3/t19-/m1/s1. The van der Waals surface area contributed by atoms with Crippen LogP contribution in [0.15, 0.2) is 48.8 Å². The van der Waals surface area contributed by atoms with E-state index in [1.165, 1.54) is 5.56 Å². The average Bonchev–Trinajstić information content (AvgIpc) is 2.52. The predicted molar refractivity (Wildman–Crippen MR) is 94.0 cm³/mol. The van der Waals surface area contributed by atoms with Crippen LogP contribution >= 0.6 is 0 Å². The number of carbonyl (C=O) groups is 1. The summed E-state index contributed by atoms with van der Waals surface area (Å²) in [6, 6.07) is 11.9. The van der Waals surface area contributed by atoms with Crippen LogP contribution in [0.4, 0.5) is 0 Å². The van der Waals surface area contributed by atoms with Gasteiger partial charge in [0.1, 0.15) is 5.75 Å². The maximum absolute atomic E-state index is 12.8. The molecule has 1 aliphatic heterocycles. The molecule has 0 radical (unpaired) electrons. The molecule has 1 atom stereocenters. The third kappa shape index (κ3) is 3.58. The summed E-state index contributed by atoms with van der Waals surface area (Å²) in [5.74, 6) is 1.34. The molecule has 1 aromatic carbocycles. The fourth-order valence-electron chi connectivity index (χ4n) is 2.97. The van der Waals surface area contributed by atoms with E-state index in [9.17, 15) is 4.79 Å². The minimum absolute atomic E-state index is 0.0756. The van der Waals surface area contributed by atoms with E-state index in [4.69, 9.17) is 4.74 Å². The van der Waals surface area contributed by atoms with Gasteiger partial charge in [0.2, 0.25) is 0 Å². The second kappa shape index (κ2) is 7.04. The molecule has 0 unspecified atom stereocenters. The highest BCUT2D eigenvalue weighted by Gasteiger charge is 2.37. The number of hydrogen-bond donors (Lipinski definition) is 0. The number of amides is 1. The van der Waals surface area contributed by atoms with Crippen LogP contribution in [0.25, 0.3) is 0 Å². The summed E-state index contributed by atoms with van der Waals surface area (Å²) in [5.41, 5.74) is 2.32. The number of aromatic nitrogens is 1. The number of rotatable bonds is 5. The van der Waals surface area contributed by atoms with Crippen molar-refractivity contribution in [3.8, 4) is 5.75 Å². The van der Waals surface area contributed by atoms with Gasteiger partial charge in [0.15, 0.2) is 6.10 Å². The lowest BCUT2D eigenvalue weighted by Gasteiger charge is -2.41. The van der Waals surface area contributed by atoms with E-state index < -0.39 is 6.10 Å². The third-order valence-electron chi connectivity index (χ3n) is 4.45. The molecular weight excluding hydrogens is 300 g/mol. The quantitative estimate of drug-likeness (QED) is 0.846. The number of carbonyl (C=O) groups excluding carboxylic acids is 1. The van der Waals surface area contributed by atoms with Crippen LogP contribution in [0.3, 0.4) is 0 Å². The maximum atomic E-state index is 12.8. The molecule has 24 heavy (non-hydrogen) atoms. The summed E-state index contributed by atoms with van der Waals surface area (Å²) in [6.07, 6.45) is 3.22. The van der Waals surface area contributed by atoms with Crippen molar-refractivity contribution in [2.75, 3.05) is 13.1 Å². The maximum Gasteiger partial charge on any atom is 0.263 e. The summed E-state index contributed by atoms with van der Waals surface area (Å²) in [6.45, 7) is 7.55. The second-order valence-electron chi connectivity index (χ2n) is 6.83. The van der Waals surface area contributed by atoms with E-state index in [1.54, 1.807) is 6.20 Å². The van der Waals surface area contributed by atoms with Gasteiger partial charge in [-0.05, 0) is 42.2 Å². The van der Waals surface area contributed by atoms with Gasteiger partial charge >= 0.3 is 0 Å². The zero-order chi connectivity index (χ0) is 17.1. The summed E-state index contributed by atoms with van der Waals surface area (Å²) >= 11 is 0. The molecule has 3 rings (SSSR count). The topological polar surface area (TPSA) is 42.4 Å². The summed E-state index contributed by atoms with van der Waals surface area (Å²) in [5, 5.41) is 0. The van der Waals surface area contributed by atoms with Crippen molar-refractivity contribution in [1.29, 1.82) is 0 Å². The van der Waals surface area contributed by atoms with Crippen molar-refractivity contribution < 1.29 is 9.53 Å². The van der Waals surface area contributed by atoms with Crippen LogP contribution in [0.2, 0.25) is 0 Å². The molecule has 1 fully saturated rings. The van der Waals surface area contributed by atoms with Crippen molar-refractivity contribution in [3.63, 3.8) is 0 Å². The number of nitrogens with zero attached hydrogens (tertiary/aromatic N) is 2. The van der Waals surface area contributed by atoms with E-state index in [1.807, 2.05) is 62.2 Å². The van der Waals surface area contributed by atoms with Crippen molar-refractivity contribution in [1.82, 2.24) is 9.88 Å². The van der Waals surface area contributed by atoms with Crippen molar-refractivity contribution in [2.24, 2.45) is 5.92 Å². The normalized spacial score (nSPS) is 15.9. The SMILES string of the molecule is Cc1cccc(O[C@@H](C(=O)N2CC(c3cccnc3)C2)C(C)C)c1. The van der Waals surface area contributed by atoms with Crippen LogP contribution in [-0.4, -0.2) is 35.0 Å². The monoisotopic (exact) mass is 324 g/mol. The van der Waals surface area contributed by atoms with Gasteiger partial charge in [-0.1, -0.05) is 32.0 Å². The molecule has 2 heterocycles. The van der Waals surface area contributed by atoms with Gasteiger partial charge in [0, 0.05) is 31.4 Å². The van der Waals surface area contributed by atoms with Gasteiger partial charge in [0.25, 0.3) is 5.91 Å². The van der Waals surface area contributed by atoms with E-state index in [0.717, 1.165) is 24.4 Å². The zero-order valence-electron chi connectivity index (χ0n) is 14.5. The fraction of sp³-hybridized carbons (Fsp3) is 0.400. The summed E-state index contributed by atoms with van der Waals surface area (Å²) in [7, 11) is 0. The molecule has 0 N–H and O–H groups in total. The Morgan fingerprint density at radius 3 is 2.67 bits per heavy atom. The number of pyridine rings is 1. The Labute approximate surface area is 143 Å². The molecule has 1 saturated heterocycles.